The number of ether oxygens (including phenoxy) is 1. The monoisotopic (exact) mass is 380 g/mol. The van der Waals surface area contributed by atoms with Crippen LogP contribution in [-0.2, 0) is 13.0 Å². The first-order valence-corrected chi connectivity index (χ1v) is 8.98. The van der Waals surface area contributed by atoms with Crippen LogP contribution >= 0.6 is 0 Å². The zero-order valence-corrected chi connectivity index (χ0v) is 15.6. The van der Waals surface area contributed by atoms with Crippen molar-refractivity contribution in [3.8, 4) is 5.75 Å². The summed E-state index contributed by atoms with van der Waals surface area (Å²) in [5, 5.41) is 3.29. The number of hydrogen-bond acceptors (Lipinski definition) is 5. The minimum atomic E-state index is -4.67. The molecule has 0 saturated carbocycles. The first-order chi connectivity index (χ1) is 12.7. The second-order valence-electron chi connectivity index (χ2n) is 6.79. The quantitative estimate of drug-likeness (QED) is 0.830. The summed E-state index contributed by atoms with van der Waals surface area (Å²) >= 11 is 0. The Balaban J connectivity index is 1.78. The summed E-state index contributed by atoms with van der Waals surface area (Å²) in [4.78, 5) is 11.2. The molecular formula is C19H23F3N4O. The summed E-state index contributed by atoms with van der Waals surface area (Å²) in [5.41, 5.74) is 2.71. The van der Waals surface area contributed by atoms with Gasteiger partial charge < -0.3 is 15.0 Å². The van der Waals surface area contributed by atoms with E-state index in [-0.39, 0.29) is 11.8 Å². The van der Waals surface area contributed by atoms with Gasteiger partial charge >= 0.3 is 6.36 Å². The third kappa shape index (κ3) is 5.02. The molecule has 5 nitrogen and oxygen atoms in total. The van der Waals surface area contributed by atoms with Crippen LogP contribution in [0.5, 0.6) is 5.75 Å². The van der Waals surface area contributed by atoms with Crippen molar-refractivity contribution < 1.29 is 17.9 Å². The van der Waals surface area contributed by atoms with E-state index in [9.17, 15) is 13.2 Å². The van der Waals surface area contributed by atoms with Crippen molar-refractivity contribution in [2.24, 2.45) is 0 Å². The normalized spacial score (nSPS) is 15.3. The number of aromatic nitrogens is 2. The molecule has 0 fully saturated rings. The summed E-state index contributed by atoms with van der Waals surface area (Å²) in [6.45, 7) is 7.34. The maximum Gasteiger partial charge on any atom is 0.573 e. The molecule has 0 amide bonds. The highest BCUT2D eigenvalue weighted by Crippen LogP contribution is 2.29. The number of anilines is 2. The van der Waals surface area contributed by atoms with Crippen LogP contribution in [0.1, 0.15) is 37.1 Å². The lowest BCUT2D eigenvalue weighted by molar-refractivity contribution is -0.274. The minimum Gasteiger partial charge on any atom is -0.406 e. The van der Waals surface area contributed by atoms with E-state index in [1.165, 1.54) is 12.1 Å². The highest BCUT2D eigenvalue weighted by atomic mass is 19.4. The lowest BCUT2D eigenvalue weighted by Crippen LogP contribution is -2.31. The molecule has 0 aliphatic carbocycles. The summed E-state index contributed by atoms with van der Waals surface area (Å²) in [5.74, 6) is 1.24. The maximum absolute atomic E-state index is 12.4. The predicted molar refractivity (Wildman–Crippen MR) is 98.0 cm³/mol. The molecule has 0 bridgehead atoms. The molecule has 0 spiro atoms. The van der Waals surface area contributed by atoms with E-state index in [0.717, 1.165) is 29.1 Å². The number of fused-ring (bicyclic) bond motifs is 1. The van der Waals surface area contributed by atoms with Crippen LogP contribution in [0.25, 0.3) is 0 Å². The molecule has 0 unspecified atom stereocenters. The fourth-order valence-corrected chi connectivity index (χ4v) is 3.02. The van der Waals surface area contributed by atoms with Gasteiger partial charge in [0.05, 0.1) is 0 Å². The molecule has 0 saturated heterocycles. The van der Waals surface area contributed by atoms with E-state index in [1.807, 2.05) is 13.0 Å². The van der Waals surface area contributed by atoms with Crippen molar-refractivity contribution >= 4 is 11.8 Å². The zero-order chi connectivity index (χ0) is 19.6. The summed E-state index contributed by atoms with van der Waals surface area (Å²) in [7, 11) is 0. The molecule has 8 heteroatoms. The minimum absolute atomic E-state index is 0.173. The number of nitrogens with one attached hydrogen (secondary N) is 1. The van der Waals surface area contributed by atoms with E-state index in [2.05, 4.69) is 38.8 Å². The third-order valence-electron chi connectivity index (χ3n) is 4.58. The van der Waals surface area contributed by atoms with Gasteiger partial charge in [0.2, 0.25) is 5.95 Å². The van der Waals surface area contributed by atoms with Crippen molar-refractivity contribution in [1.29, 1.82) is 0 Å². The summed E-state index contributed by atoms with van der Waals surface area (Å²) in [6.07, 6.45) is -3.08. The Labute approximate surface area is 156 Å². The Morgan fingerprint density at radius 2 is 2.00 bits per heavy atom. The molecule has 146 valence electrons. The first kappa shape index (κ1) is 19.3. The Kier molecular flexibility index (Phi) is 5.43. The molecular weight excluding hydrogens is 357 g/mol. The molecule has 1 N–H and O–H groups in total. The molecule has 2 aromatic rings. The van der Waals surface area contributed by atoms with Crippen LogP contribution in [0.15, 0.2) is 24.3 Å². The predicted octanol–water partition coefficient (Wildman–Crippen LogP) is 4.46. The van der Waals surface area contributed by atoms with Crippen LogP contribution in [0.4, 0.5) is 24.9 Å². The van der Waals surface area contributed by atoms with Crippen LogP contribution in [0, 0.1) is 6.92 Å². The highest BCUT2D eigenvalue weighted by Gasteiger charge is 2.31. The molecule has 1 aliphatic heterocycles. The number of hydrogen-bond donors (Lipinski definition) is 1. The fourth-order valence-electron chi connectivity index (χ4n) is 3.02. The van der Waals surface area contributed by atoms with Crippen LogP contribution in [0.3, 0.4) is 0 Å². The van der Waals surface area contributed by atoms with E-state index < -0.39 is 6.36 Å². The topological polar surface area (TPSA) is 50.3 Å². The number of alkyl halides is 3. The van der Waals surface area contributed by atoms with Gasteiger partial charge in [-0.1, -0.05) is 13.0 Å². The number of halogens is 3. The average Bonchev–Trinajstić information content (AvgIpc) is 2.59. The molecule has 1 atom stereocenters. The standard InChI is InChI=1S/C19H23F3N4O/c1-4-12(2)23-18-24-13(3)9-17(25-18)26-8-7-14-10-16(27-19(20,21)22)6-5-15(14)11-26/h5-6,9-10,12H,4,7-8,11H2,1-3H3,(H,23,24,25)/t12-/m1/s1. The van der Waals surface area contributed by atoms with Gasteiger partial charge in [0.25, 0.3) is 0 Å². The van der Waals surface area contributed by atoms with Crippen LogP contribution in [-0.4, -0.2) is 28.9 Å². The van der Waals surface area contributed by atoms with Crippen LogP contribution in [0.2, 0.25) is 0 Å². The Bertz CT molecular complexity index is 810. The molecule has 1 aliphatic rings. The molecule has 0 radical (unpaired) electrons. The Morgan fingerprint density at radius 1 is 1.22 bits per heavy atom. The zero-order valence-electron chi connectivity index (χ0n) is 15.6. The van der Waals surface area contributed by atoms with Gasteiger partial charge in [0, 0.05) is 30.9 Å². The highest BCUT2D eigenvalue weighted by molar-refractivity contribution is 5.49. The Morgan fingerprint density at radius 3 is 2.70 bits per heavy atom. The number of benzene rings is 1. The van der Waals surface area contributed by atoms with Crippen molar-refractivity contribution in [2.45, 2.75) is 52.6 Å². The second kappa shape index (κ2) is 7.62. The van der Waals surface area contributed by atoms with E-state index in [0.29, 0.717) is 25.5 Å². The lowest BCUT2D eigenvalue weighted by atomic mass is 9.99. The number of rotatable bonds is 5. The van der Waals surface area contributed by atoms with Crippen molar-refractivity contribution in [3.05, 3.63) is 41.1 Å². The second-order valence-corrected chi connectivity index (χ2v) is 6.79. The molecule has 1 aromatic heterocycles. The molecule has 2 heterocycles. The van der Waals surface area contributed by atoms with Gasteiger partial charge in [0.1, 0.15) is 11.6 Å². The van der Waals surface area contributed by atoms with E-state index in [1.54, 1.807) is 6.07 Å². The lowest BCUT2D eigenvalue weighted by Gasteiger charge is -2.30. The van der Waals surface area contributed by atoms with Gasteiger partial charge in [-0.2, -0.15) is 4.98 Å². The number of aryl methyl sites for hydroxylation is 1. The first-order valence-electron chi connectivity index (χ1n) is 8.98. The van der Waals surface area contributed by atoms with Crippen LogP contribution < -0.4 is 15.0 Å². The maximum atomic E-state index is 12.4. The Hall–Kier alpha value is -2.51. The average molecular weight is 380 g/mol. The van der Waals surface area contributed by atoms with Crippen molar-refractivity contribution in [1.82, 2.24) is 9.97 Å². The van der Waals surface area contributed by atoms with Gasteiger partial charge in [-0.25, -0.2) is 4.98 Å². The molecule has 1 aromatic carbocycles. The summed E-state index contributed by atoms with van der Waals surface area (Å²) in [6, 6.07) is 6.72. The smallest absolute Gasteiger partial charge is 0.406 e. The largest absolute Gasteiger partial charge is 0.573 e. The molecule has 27 heavy (non-hydrogen) atoms. The van der Waals surface area contributed by atoms with Crippen molar-refractivity contribution in [3.63, 3.8) is 0 Å². The molecule has 3 rings (SSSR count). The number of nitrogens with zero attached hydrogens (tertiary/aromatic N) is 3. The third-order valence-corrected chi connectivity index (χ3v) is 4.58. The van der Waals surface area contributed by atoms with Gasteiger partial charge in [0.15, 0.2) is 0 Å². The van der Waals surface area contributed by atoms with E-state index in [4.69, 9.17) is 0 Å². The fraction of sp³-hybridized carbons (Fsp3) is 0.474. The van der Waals surface area contributed by atoms with E-state index >= 15 is 0 Å². The SMILES string of the molecule is CC[C@@H](C)Nc1nc(C)cc(N2CCc3cc(OC(F)(F)F)ccc3C2)n1. The van der Waals surface area contributed by atoms with Gasteiger partial charge in [-0.15, -0.1) is 13.2 Å². The van der Waals surface area contributed by atoms with Gasteiger partial charge in [-0.05, 0) is 49.9 Å². The van der Waals surface area contributed by atoms with Gasteiger partial charge in [-0.3, -0.25) is 0 Å². The summed E-state index contributed by atoms with van der Waals surface area (Å²) < 4.78 is 41.2. The van der Waals surface area contributed by atoms with Crippen molar-refractivity contribution in [2.75, 3.05) is 16.8 Å².